The van der Waals surface area contributed by atoms with Crippen LogP contribution in [-0.4, -0.2) is 42.3 Å². The highest BCUT2D eigenvalue weighted by atomic mass is 16.6. The van der Waals surface area contributed by atoms with Gasteiger partial charge in [-0.2, -0.15) is 0 Å². The zero-order chi connectivity index (χ0) is 13.8. The van der Waals surface area contributed by atoms with Crippen molar-refractivity contribution >= 4 is 6.09 Å². The molecule has 18 heavy (non-hydrogen) atoms. The lowest BCUT2D eigenvalue weighted by atomic mass is 10.1. The molecule has 1 heterocycles. The number of likely N-dealkylation sites (tertiary alicyclic amines) is 1. The Labute approximate surface area is 111 Å². The highest BCUT2D eigenvalue weighted by Gasteiger charge is 2.29. The van der Waals surface area contributed by atoms with E-state index >= 15 is 0 Å². The average Bonchev–Trinajstić information content (AvgIpc) is 2.63. The minimum Gasteiger partial charge on any atom is -0.444 e. The number of hydrogen-bond acceptors (Lipinski definition) is 3. The standard InChI is InChI=1S/C14H28N2O2/c1-11(2)15-8-6-12-7-9-16(10-12)13(17)18-14(3,4)5/h11-12,15H,6-10H2,1-5H3. The van der Waals surface area contributed by atoms with Gasteiger partial charge in [0, 0.05) is 19.1 Å². The monoisotopic (exact) mass is 256 g/mol. The van der Waals surface area contributed by atoms with Crippen molar-refractivity contribution in [2.75, 3.05) is 19.6 Å². The van der Waals surface area contributed by atoms with Crippen molar-refractivity contribution in [3.05, 3.63) is 0 Å². The van der Waals surface area contributed by atoms with Gasteiger partial charge in [-0.1, -0.05) is 13.8 Å². The first-order valence-electron chi connectivity index (χ1n) is 6.99. The van der Waals surface area contributed by atoms with Crippen LogP contribution in [-0.2, 0) is 4.74 Å². The van der Waals surface area contributed by atoms with E-state index in [1.165, 1.54) is 0 Å². The fourth-order valence-corrected chi connectivity index (χ4v) is 2.14. The summed E-state index contributed by atoms with van der Waals surface area (Å²) in [7, 11) is 0. The smallest absolute Gasteiger partial charge is 0.410 e. The molecule has 1 aliphatic rings. The summed E-state index contributed by atoms with van der Waals surface area (Å²) in [6.45, 7) is 12.7. The molecule has 0 aliphatic carbocycles. The predicted molar refractivity (Wildman–Crippen MR) is 73.7 cm³/mol. The van der Waals surface area contributed by atoms with Crippen LogP contribution in [0.1, 0.15) is 47.5 Å². The van der Waals surface area contributed by atoms with Crippen molar-refractivity contribution in [3.63, 3.8) is 0 Å². The summed E-state index contributed by atoms with van der Waals surface area (Å²) in [5, 5.41) is 3.42. The first kappa shape index (κ1) is 15.3. The molecular weight excluding hydrogens is 228 g/mol. The van der Waals surface area contributed by atoms with Gasteiger partial charge >= 0.3 is 6.09 Å². The molecule has 1 aliphatic heterocycles. The lowest BCUT2D eigenvalue weighted by Crippen LogP contribution is -2.35. The van der Waals surface area contributed by atoms with E-state index in [0.29, 0.717) is 12.0 Å². The zero-order valence-electron chi connectivity index (χ0n) is 12.5. The number of rotatable bonds is 4. The summed E-state index contributed by atoms with van der Waals surface area (Å²) >= 11 is 0. The van der Waals surface area contributed by atoms with Crippen LogP contribution in [0.5, 0.6) is 0 Å². The molecule has 1 atom stereocenters. The number of amides is 1. The highest BCUT2D eigenvalue weighted by Crippen LogP contribution is 2.21. The number of carbonyl (C=O) groups excluding carboxylic acids is 1. The molecule has 1 rings (SSSR count). The summed E-state index contributed by atoms with van der Waals surface area (Å²) in [6, 6.07) is 0.536. The van der Waals surface area contributed by atoms with Crippen molar-refractivity contribution in [1.29, 1.82) is 0 Å². The normalized spacial score (nSPS) is 20.6. The van der Waals surface area contributed by atoms with Gasteiger partial charge in [-0.25, -0.2) is 4.79 Å². The van der Waals surface area contributed by atoms with Gasteiger partial charge in [0.25, 0.3) is 0 Å². The van der Waals surface area contributed by atoms with Crippen LogP contribution >= 0.6 is 0 Å². The molecule has 1 unspecified atom stereocenters. The molecule has 0 spiro atoms. The molecular formula is C14H28N2O2. The van der Waals surface area contributed by atoms with Crippen LogP contribution in [0.25, 0.3) is 0 Å². The number of carbonyl (C=O) groups is 1. The van der Waals surface area contributed by atoms with E-state index in [1.807, 2.05) is 25.7 Å². The van der Waals surface area contributed by atoms with E-state index in [-0.39, 0.29) is 6.09 Å². The number of hydrogen-bond donors (Lipinski definition) is 1. The molecule has 0 aromatic carbocycles. The second-order valence-electron chi connectivity index (χ2n) is 6.48. The van der Waals surface area contributed by atoms with Crippen molar-refractivity contribution in [2.45, 2.75) is 59.1 Å². The Morgan fingerprint density at radius 2 is 2.11 bits per heavy atom. The lowest BCUT2D eigenvalue weighted by molar-refractivity contribution is 0.0287. The Morgan fingerprint density at radius 1 is 1.44 bits per heavy atom. The summed E-state index contributed by atoms with van der Waals surface area (Å²) < 4.78 is 5.38. The zero-order valence-corrected chi connectivity index (χ0v) is 12.5. The maximum atomic E-state index is 11.9. The summed E-state index contributed by atoms with van der Waals surface area (Å²) in [5.41, 5.74) is -0.394. The molecule has 1 saturated heterocycles. The molecule has 0 saturated carbocycles. The summed E-state index contributed by atoms with van der Waals surface area (Å²) in [5.74, 6) is 0.615. The molecule has 1 N–H and O–H groups in total. The molecule has 1 fully saturated rings. The van der Waals surface area contributed by atoms with Crippen LogP contribution in [0.3, 0.4) is 0 Å². The quantitative estimate of drug-likeness (QED) is 0.840. The summed E-state index contributed by atoms with van der Waals surface area (Å²) in [4.78, 5) is 13.7. The van der Waals surface area contributed by atoms with E-state index < -0.39 is 5.60 Å². The van der Waals surface area contributed by atoms with Crippen LogP contribution in [0.4, 0.5) is 4.79 Å². The maximum Gasteiger partial charge on any atom is 0.410 e. The van der Waals surface area contributed by atoms with Gasteiger partial charge in [-0.15, -0.1) is 0 Å². The third-order valence-electron chi connectivity index (χ3n) is 3.04. The van der Waals surface area contributed by atoms with E-state index in [0.717, 1.165) is 32.5 Å². The Kier molecular flexibility index (Phi) is 5.45. The molecule has 4 heteroatoms. The van der Waals surface area contributed by atoms with Gasteiger partial charge in [-0.3, -0.25) is 0 Å². The van der Waals surface area contributed by atoms with Gasteiger partial charge in [-0.05, 0) is 46.1 Å². The van der Waals surface area contributed by atoms with E-state index in [1.54, 1.807) is 0 Å². The van der Waals surface area contributed by atoms with Crippen LogP contribution in [0, 0.1) is 5.92 Å². The second kappa shape index (κ2) is 6.41. The van der Waals surface area contributed by atoms with Crippen LogP contribution in [0.15, 0.2) is 0 Å². The molecule has 0 radical (unpaired) electrons. The summed E-state index contributed by atoms with van der Waals surface area (Å²) in [6.07, 6.45) is 2.07. The first-order chi connectivity index (χ1) is 8.28. The lowest BCUT2D eigenvalue weighted by Gasteiger charge is -2.24. The minimum absolute atomic E-state index is 0.165. The largest absolute Gasteiger partial charge is 0.444 e. The molecule has 0 bridgehead atoms. The minimum atomic E-state index is -0.394. The first-order valence-corrected chi connectivity index (χ1v) is 6.99. The third-order valence-corrected chi connectivity index (χ3v) is 3.04. The Morgan fingerprint density at radius 3 is 2.67 bits per heavy atom. The van der Waals surface area contributed by atoms with Gasteiger partial charge in [0.2, 0.25) is 0 Å². The van der Waals surface area contributed by atoms with Crippen molar-refractivity contribution in [2.24, 2.45) is 5.92 Å². The molecule has 0 aromatic heterocycles. The Bertz CT molecular complexity index is 271. The molecule has 0 aromatic rings. The fourth-order valence-electron chi connectivity index (χ4n) is 2.14. The Hall–Kier alpha value is -0.770. The number of nitrogens with one attached hydrogen (secondary N) is 1. The van der Waals surface area contributed by atoms with Gasteiger partial charge in [0.15, 0.2) is 0 Å². The fraction of sp³-hybridized carbons (Fsp3) is 0.929. The van der Waals surface area contributed by atoms with Crippen molar-refractivity contribution < 1.29 is 9.53 Å². The van der Waals surface area contributed by atoms with Crippen molar-refractivity contribution in [3.8, 4) is 0 Å². The van der Waals surface area contributed by atoms with Gasteiger partial charge in [0.1, 0.15) is 5.60 Å². The molecule has 1 amide bonds. The maximum absolute atomic E-state index is 11.9. The highest BCUT2D eigenvalue weighted by molar-refractivity contribution is 5.68. The van der Waals surface area contributed by atoms with E-state index in [9.17, 15) is 4.79 Å². The third kappa shape index (κ3) is 5.71. The number of ether oxygens (including phenoxy) is 1. The number of nitrogens with zero attached hydrogens (tertiary/aromatic N) is 1. The van der Waals surface area contributed by atoms with Crippen LogP contribution < -0.4 is 5.32 Å². The Balaban J connectivity index is 2.26. The SMILES string of the molecule is CC(C)NCCC1CCN(C(=O)OC(C)(C)C)C1. The van der Waals surface area contributed by atoms with Gasteiger partial charge in [0.05, 0.1) is 0 Å². The van der Waals surface area contributed by atoms with Crippen molar-refractivity contribution in [1.82, 2.24) is 10.2 Å². The predicted octanol–water partition coefficient (Wildman–Crippen LogP) is 2.63. The topological polar surface area (TPSA) is 41.6 Å². The average molecular weight is 256 g/mol. The van der Waals surface area contributed by atoms with E-state index in [4.69, 9.17) is 4.74 Å². The molecule has 4 nitrogen and oxygen atoms in total. The van der Waals surface area contributed by atoms with Gasteiger partial charge < -0.3 is 15.0 Å². The molecule has 106 valence electrons. The second-order valence-corrected chi connectivity index (χ2v) is 6.48. The van der Waals surface area contributed by atoms with E-state index in [2.05, 4.69) is 19.2 Å². The van der Waals surface area contributed by atoms with Crippen LogP contribution in [0.2, 0.25) is 0 Å².